The van der Waals surface area contributed by atoms with Crippen LogP contribution in [0.25, 0.3) is 32.8 Å². The van der Waals surface area contributed by atoms with Crippen LogP contribution in [0, 0.1) is 17.1 Å². The third kappa shape index (κ3) is 4.77. The van der Waals surface area contributed by atoms with Crippen molar-refractivity contribution in [2.45, 2.75) is 37.1 Å². The zero-order chi connectivity index (χ0) is 31.6. The molecule has 3 saturated heterocycles. The number of alkyl halides is 1. The van der Waals surface area contributed by atoms with E-state index in [1.807, 2.05) is 34.1 Å². The van der Waals surface area contributed by atoms with E-state index in [4.69, 9.17) is 16.3 Å². The highest BCUT2D eigenvalue weighted by atomic mass is 35.5. The Labute approximate surface area is 263 Å². The molecule has 0 bridgehead atoms. The average molecular weight is 632 g/mol. The second-order valence-corrected chi connectivity index (χ2v) is 12.3. The molecule has 3 aromatic carbocycles. The first-order chi connectivity index (χ1) is 21.7. The Kier molecular flexibility index (Phi) is 7.34. The number of nitrogens with zero attached hydrogens (tertiary/aromatic N) is 5. The van der Waals surface area contributed by atoms with Gasteiger partial charge in [-0.05, 0) is 43.0 Å². The van der Waals surface area contributed by atoms with Gasteiger partial charge in [-0.1, -0.05) is 54.6 Å². The van der Waals surface area contributed by atoms with Crippen molar-refractivity contribution >= 4 is 44.9 Å². The number of halogens is 4. The zero-order valence-corrected chi connectivity index (χ0v) is 25.2. The lowest BCUT2D eigenvalue weighted by molar-refractivity contribution is -0.130. The maximum Gasteiger partial charge on any atom is 0.282 e. The molecule has 0 radical (unpaired) electrons. The summed E-state index contributed by atoms with van der Waals surface area (Å²) in [4.78, 5) is 22.3. The van der Waals surface area contributed by atoms with E-state index in [-0.39, 0.29) is 60.2 Å². The molecule has 7 nitrogen and oxygen atoms in total. The summed E-state index contributed by atoms with van der Waals surface area (Å²) < 4.78 is 50.7. The van der Waals surface area contributed by atoms with Crippen LogP contribution in [-0.4, -0.2) is 78.3 Å². The van der Waals surface area contributed by atoms with Gasteiger partial charge in [0.15, 0.2) is 11.6 Å². The molecule has 1 aromatic heterocycles. The van der Waals surface area contributed by atoms with Gasteiger partial charge in [0.1, 0.15) is 29.9 Å². The minimum absolute atomic E-state index is 0.00946. The predicted octanol–water partition coefficient (Wildman–Crippen LogP) is 6.41. The molecule has 45 heavy (non-hydrogen) atoms. The van der Waals surface area contributed by atoms with Gasteiger partial charge in [0.2, 0.25) is 5.88 Å². The SMILES string of the molecule is C=C(F)C(=O)N1CC[C@@H]2[C@H]1CN2c1c(C#N)c(OC[C@@H]2C[C@@H](F)CN2C)nc2c(F)c(-c3cccc4cccc(Cl)c34)ccc12. The van der Waals surface area contributed by atoms with Gasteiger partial charge in [0, 0.05) is 47.0 Å². The average Bonchev–Trinajstić information content (AvgIpc) is 3.52. The molecule has 3 aliphatic rings. The number of benzene rings is 3. The van der Waals surface area contributed by atoms with Crippen molar-refractivity contribution in [3.63, 3.8) is 0 Å². The highest BCUT2D eigenvalue weighted by molar-refractivity contribution is 6.36. The van der Waals surface area contributed by atoms with Crippen molar-refractivity contribution in [1.29, 1.82) is 5.26 Å². The minimum atomic E-state index is -1.02. The van der Waals surface area contributed by atoms with E-state index < -0.39 is 23.7 Å². The fraction of sp³-hybridized carbons (Fsp3) is 0.324. The molecule has 3 aliphatic heterocycles. The Bertz CT molecular complexity index is 1920. The van der Waals surface area contributed by atoms with Crippen LogP contribution in [0.2, 0.25) is 5.02 Å². The Morgan fingerprint density at radius 1 is 1.16 bits per heavy atom. The Hall–Kier alpha value is -4.33. The molecule has 0 saturated carbocycles. The number of rotatable bonds is 6. The Morgan fingerprint density at radius 2 is 1.93 bits per heavy atom. The molecule has 1 amide bonds. The third-order valence-corrected chi connectivity index (χ3v) is 9.73. The third-order valence-electron chi connectivity index (χ3n) is 9.42. The summed E-state index contributed by atoms with van der Waals surface area (Å²) in [7, 11) is 1.80. The van der Waals surface area contributed by atoms with Gasteiger partial charge in [-0.25, -0.2) is 18.2 Å². The molecular formula is C34H29ClF3N5O2. The summed E-state index contributed by atoms with van der Waals surface area (Å²) in [5.41, 5.74) is 1.45. The maximum absolute atomic E-state index is 16.8. The van der Waals surface area contributed by atoms with Gasteiger partial charge in [-0.15, -0.1) is 0 Å². The summed E-state index contributed by atoms with van der Waals surface area (Å²) in [6, 6.07) is 15.9. The number of hydrogen-bond donors (Lipinski definition) is 0. The molecule has 4 atom stereocenters. The number of aromatic nitrogens is 1. The molecule has 4 aromatic rings. The molecule has 0 aliphatic carbocycles. The molecule has 230 valence electrons. The molecule has 0 N–H and O–H groups in total. The van der Waals surface area contributed by atoms with Crippen molar-refractivity contribution in [1.82, 2.24) is 14.8 Å². The normalized spacial score (nSPS) is 22.8. The van der Waals surface area contributed by atoms with Crippen molar-refractivity contribution in [3.05, 3.63) is 77.3 Å². The number of likely N-dealkylation sites (tertiary alicyclic amines) is 2. The van der Waals surface area contributed by atoms with E-state index in [1.54, 1.807) is 31.3 Å². The van der Waals surface area contributed by atoms with Crippen LogP contribution in [-0.2, 0) is 4.79 Å². The zero-order valence-electron chi connectivity index (χ0n) is 24.4. The fourth-order valence-electron chi connectivity index (χ4n) is 7.16. The second-order valence-electron chi connectivity index (χ2n) is 11.9. The standard InChI is InChI=1S/C34H29ClF3N5O2/c1-18(36)34(44)42-12-11-27-28(42)16-43(27)32-24-10-9-23(22-7-3-5-19-6-4-8-26(35)29(19)22)30(38)31(24)40-33(25(32)14-39)45-17-21-13-20(37)15-41(21)2/h3-10,20-21,27-28H,1,11-13,15-17H2,2H3/t20-,21+,27-,28-/m1/s1. The number of hydrogen-bond acceptors (Lipinski definition) is 6. The molecule has 7 rings (SSSR count). The number of carbonyl (C=O) groups excluding carboxylic acids is 1. The monoisotopic (exact) mass is 631 g/mol. The number of pyridine rings is 1. The summed E-state index contributed by atoms with van der Waals surface area (Å²) in [5.74, 6) is -2.42. The second kappa shape index (κ2) is 11.2. The summed E-state index contributed by atoms with van der Waals surface area (Å²) in [6.07, 6.45) is -0.175. The first kappa shape index (κ1) is 29.4. The van der Waals surface area contributed by atoms with Gasteiger partial charge in [0.05, 0.1) is 17.8 Å². The molecular weight excluding hydrogens is 603 g/mol. The number of carbonyl (C=O) groups is 1. The summed E-state index contributed by atoms with van der Waals surface area (Å²) >= 11 is 6.58. The van der Waals surface area contributed by atoms with Crippen LogP contribution >= 0.6 is 11.6 Å². The van der Waals surface area contributed by atoms with Crippen LogP contribution in [0.4, 0.5) is 18.9 Å². The molecule has 11 heteroatoms. The number of anilines is 1. The van der Waals surface area contributed by atoms with E-state index in [1.165, 1.54) is 4.90 Å². The van der Waals surface area contributed by atoms with Crippen molar-refractivity contribution < 1.29 is 22.7 Å². The smallest absolute Gasteiger partial charge is 0.282 e. The van der Waals surface area contributed by atoms with E-state index in [0.29, 0.717) is 46.6 Å². The van der Waals surface area contributed by atoms with Gasteiger partial charge in [-0.3, -0.25) is 9.69 Å². The Balaban J connectivity index is 1.37. The van der Waals surface area contributed by atoms with Crippen LogP contribution < -0.4 is 9.64 Å². The minimum Gasteiger partial charge on any atom is -0.475 e. The van der Waals surface area contributed by atoms with E-state index in [0.717, 1.165) is 5.39 Å². The fourth-order valence-corrected chi connectivity index (χ4v) is 7.44. The molecule has 0 spiro atoms. The molecule has 0 unspecified atom stereocenters. The van der Waals surface area contributed by atoms with Crippen molar-refractivity contribution in [2.24, 2.45) is 0 Å². The number of amides is 1. The van der Waals surface area contributed by atoms with E-state index in [9.17, 15) is 18.8 Å². The molecule has 3 fully saturated rings. The van der Waals surface area contributed by atoms with Crippen LogP contribution in [0.5, 0.6) is 5.88 Å². The Morgan fingerprint density at radius 3 is 2.64 bits per heavy atom. The van der Waals surface area contributed by atoms with Gasteiger partial charge >= 0.3 is 0 Å². The summed E-state index contributed by atoms with van der Waals surface area (Å²) in [6.45, 7) is 4.14. The van der Waals surface area contributed by atoms with E-state index in [2.05, 4.69) is 17.6 Å². The van der Waals surface area contributed by atoms with Crippen molar-refractivity contribution in [2.75, 3.05) is 38.2 Å². The van der Waals surface area contributed by atoms with Crippen LogP contribution in [0.1, 0.15) is 18.4 Å². The number of likely N-dealkylation sites (N-methyl/N-ethyl adjacent to an activating group) is 1. The lowest BCUT2D eigenvalue weighted by atomic mass is 9.92. The first-order valence-corrected chi connectivity index (χ1v) is 15.2. The number of fused-ring (bicyclic) bond motifs is 3. The van der Waals surface area contributed by atoms with Gasteiger partial charge in [-0.2, -0.15) is 5.26 Å². The summed E-state index contributed by atoms with van der Waals surface area (Å²) in [5, 5.41) is 12.9. The lowest BCUT2D eigenvalue weighted by Crippen LogP contribution is -2.63. The lowest BCUT2D eigenvalue weighted by Gasteiger charge is -2.48. The molecule has 4 heterocycles. The van der Waals surface area contributed by atoms with E-state index >= 15 is 4.39 Å². The van der Waals surface area contributed by atoms with Crippen molar-refractivity contribution in [3.8, 4) is 23.1 Å². The highest BCUT2D eigenvalue weighted by Gasteiger charge is 2.50. The van der Waals surface area contributed by atoms with Crippen LogP contribution in [0.3, 0.4) is 0 Å². The number of ether oxygens (including phenoxy) is 1. The van der Waals surface area contributed by atoms with Gasteiger partial charge < -0.3 is 14.5 Å². The predicted molar refractivity (Wildman–Crippen MR) is 167 cm³/mol. The highest BCUT2D eigenvalue weighted by Crippen LogP contribution is 2.46. The number of nitriles is 1. The largest absolute Gasteiger partial charge is 0.475 e. The quantitative estimate of drug-likeness (QED) is 0.229. The topological polar surface area (TPSA) is 72.7 Å². The van der Waals surface area contributed by atoms with Crippen LogP contribution in [0.15, 0.2) is 60.9 Å². The first-order valence-electron chi connectivity index (χ1n) is 14.8. The maximum atomic E-state index is 16.8. The van der Waals surface area contributed by atoms with Gasteiger partial charge in [0.25, 0.3) is 5.91 Å².